The number of nitrogens with one attached hydrogen (secondary N) is 1. The molecule has 0 atom stereocenters. The first kappa shape index (κ1) is 10.5. The topological polar surface area (TPSA) is 28.7 Å². The minimum absolute atomic E-state index is 0.493. The molecule has 84 valence electrons. The van der Waals surface area contributed by atoms with Crippen molar-refractivity contribution in [3.05, 3.63) is 24.3 Å². The Morgan fingerprint density at radius 3 is 2.88 bits per heavy atom. The van der Waals surface area contributed by atoms with Gasteiger partial charge in [-0.15, -0.1) is 0 Å². The normalized spacial score (nSPS) is 17.8. The number of rotatable bonds is 4. The van der Waals surface area contributed by atoms with Crippen LogP contribution in [0.3, 0.4) is 0 Å². The number of aromatic amines is 1. The molecule has 2 aromatic rings. The Kier molecular flexibility index (Phi) is 2.64. The van der Waals surface area contributed by atoms with Crippen LogP contribution in [0.15, 0.2) is 29.4 Å². The van der Waals surface area contributed by atoms with Crippen LogP contribution >= 0.6 is 24.4 Å². The van der Waals surface area contributed by atoms with Crippen LogP contribution in [-0.2, 0) is 0 Å². The molecule has 3 rings (SSSR count). The van der Waals surface area contributed by atoms with Crippen molar-refractivity contribution in [2.75, 3.05) is 11.5 Å². The van der Waals surface area contributed by atoms with Crippen molar-refractivity contribution in [1.82, 2.24) is 9.97 Å². The van der Waals surface area contributed by atoms with E-state index in [1.165, 1.54) is 12.8 Å². The smallest absolute Gasteiger partial charge is 0.166 e. The zero-order chi connectivity index (χ0) is 11.0. The van der Waals surface area contributed by atoms with E-state index in [1.807, 2.05) is 30.0 Å². The van der Waals surface area contributed by atoms with Crippen molar-refractivity contribution in [2.24, 2.45) is 5.41 Å². The lowest BCUT2D eigenvalue weighted by Crippen LogP contribution is -2.05. The van der Waals surface area contributed by atoms with Gasteiger partial charge in [0.05, 0.1) is 11.0 Å². The van der Waals surface area contributed by atoms with Gasteiger partial charge in [-0.3, -0.25) is 0 Å². The highest BCUT2D eigenvalue weighted by Crippen LogP contribution is 2.49. The number of imidazole rings is 1. The molecule has 0 bridgehead atoms. The summed E-state index contributed by atoms with van der Waals surface area (Å²) >= 11 is 6.24. The van der Waals surface area contributed by atoms with Gasteiger partial charge in [0, 0.05) is 5.75 Å². The molecule has 1 heterocycles. The average molecular weight is 250 g/mol. The summed E-state index contributed by atoms with van der Waals surface area (Å²) in [5, 5.41) is 1.04. The lowest BCUT2D eigenvalue weighted by Gasteiger charge is -2.08. The van der Waals surface area contributed by atoms with Gasteiger partial charge in [0.25, 0.3) is 0 Å². The van der Waals surface area contributed by atoms with E-state index in [9.17, 15) is 0 Å². The van der Waals surface area contributed by atoms with Crippen LogP contribution in [0.2, 0.25) is 0 Å². The third-order valence-corrected chi connectivity index (χ3v) is 5.07. The Labute approximate surface area is 105 Å². The highest BCUT2D eigenvalue weighted by Gasteiger charge is 2.41. The van der Waals surface area contributed by atoms with Gasteiger partial charge < -0.3 is 4.98 Å². The molecular formula is C12H14N2S2. The number of nitrogens with zero attached hydrogens (tertiary/aromatic N) is 1. The second-order valence-corrected chi connectivity index (χ2v) is 5.79. The molecule has 1 fully saturated rings. The molecule has 0 unspecified atom stereocenters. The van der Waals surface area contributed by atoms with Crippen molar-refractivity contribution >= 4 is 35.4 Å². The molecule has 4 heteroatoms. The minimum Gasteiger partial charge on any atom is -0.333 e. The average Bonchev–Trinajstić information content (AvgIpc) is 2.98. The molecule has 0 radical (unpaired) electrons. The van der Waals surface area contributed by atoms with E-state index in [0.717, 1.165) is 27.7 Å². The van der Waals surface area contributed by atoms with Crippen LogP contribution in [0.5, 0.6) is 0 Å². The number of hydrogen-bond acceptors (Lipinski definition) is 3. The summed E-state index contributed by atoms with van der Waals surface area (Å²) in [7, 11) is 0. The first-order chi connectivity index (χ1) is 7.81. The number of para-hydroxylation sites is 2. The Morgan fingerprint density at radius 1 is 1.38 bits per heavy atom. The molecular weight excluding hydrogens is 236 g/mol. The Balaban J connectivity index is 1.74. The third kappa shape index (κ3) is 1.96. The minimum atomic E-state index is 0.493. The van der Waals surface area contributed by atoms with Gasteiger partial charge >= 0.3 is 0 Å². The monoisotopic (exact) mass is 250 g/mol. The Morgan fingerprint density at radius 2 is 2.19 bits per heavy atom. The van der Waals surface area contributed by atoms with E-state index < -0.39 is 0 Å². The van der Waals surface area contributed by atoms with Crippen LogP contribution < -0.4 is 0 Å². The van der Waals surface area contributed by atoms with E-state index in [-0.39, 0.29) is 0 Å². The van der Waals surface area contributed by atoms with Crippen molar-refractivity contribution < 1.29 is 0 Å². The second kappa shape index (κ2) is 4.00. The standard InChI is InChI=1S/C12H14N2S2/c15-7-12(5-6-12)8-16-11-13-9-3-1-2-4-10(9)14-11/h1-4,15H,5-8H2,(H,13,14). The second-order valence-electron chi connectivity index (χ2n) is 4.51. The lowest BCUT2D eigenvalue weighted by molar-refractivity contribution is 0.682. The molecule has 1 N–H and O–H groups in total. The number of benzene rings is 1. The van der Waals surface area contributed by atoms with Crippen molar-refractivity contribution in [3.63, 3.8) is 0 Å². The summed E-state index contributed by atoms with van der Waals surface area (Å²) in [5.74, 6) is 2.14. The highest BCUT2D eigenvalue weighted by molar-refractivity contribution is 7.99. The summed E-state index contributed by atoms with van der Waals surface area (Å²) in [6.45, 7) is 0. The predicted molar refractivity (Wildman–Crippen MR) is 72.3 cm³/mol. The van der Waals surface area contributed by atoms with Crippen molar-refractivity contribution in [1.29, 1.82) is 0 Å². The fraction of sp³-hybridized carbons (Fsp3) is 0.417. The molecule has 1 aliphatic rings. The Hall–Kier alpha value is -0.610. The van der Waals surface area contributed by atoms with E-state index in [0.29, 0.717) is 5.41 Å². The van der Waals surface area contributed by atoms with E-state index in [1.54, 1.807) is 0 Å². The zero-order valence-electron chi connectivity index (χ0n) is 8.94. The number of hydrogen-bond donors (Lipinski definition) is 2. The quantitative estimate of drug-likeness (QED) is 0.643. The fourth-order valence-corrected chi connectivity index (χ4v) is 3.50. The highest BCUT2D eigenvalue weighted by atomic mass is 32.2. The Bertz CT molecular complexity index is 469. The lowest BCUT2D eigenvalue weighted by atomic mass is 10.2. The first-order valence-electron chi connectivity index (χ1n) is 5.50. The molecule has 0 saturated heterocycles. The summed E-state index contributed by atoms with van der Waals surface area (Å²) in [4.78, 5) is 7.91. The molecule has 0 amide bonds. The van der Waals surface area contributed by atoms with Crippen LogP contribution in [-0.4, -0.2) is 21.5 Å². The molecule has 1 aromatic carbocycles. The van der Waals surface area contributed by atoms with Crippen LogP contribution in [0.4, 0.5) is 0 Å². The molecule has 2 nitrogen and oxygen atoms in total. The summed E-state index contributed by atoms with van der Waals surface area (Å²) < 4.78 is 0. The van der Waals surface area contributed by atoms with Gasteiger partial charge in [0.1, 0.15) is 0 Å². The van der Waals surface area contributed by atoms with Gasteiger partial charge in [-0.25, -0.2) is 4.98 Å². The maximum atomic E-state index is 4.56. The summed E-state index contributed by atoms with van der Waals surface area (Å²) in [5.41, 5.74) is 2.67. The number of fused-ring (bicyclic) bond motifs is 1. The third-order valence-electron chi connectivity index (χ3n) is 3.18. The fourth-order valence-electron chi connectivity index (χ4n) is 1.74. The molecule has 16 heavy (non-hydrogen) atoms. The van der Waals surface area contributed by atoms with E-state index in [4.69, 9.17) is 0 Å². The van der Waals surface area contributed by atoms with Gasteiger partial charge in [0.15, 0.2) is 5.16 Å². The maximum Gasteiger partial charge on any atom is 0.166 e. The number of thioether (sulfide) groups is 1. The zero-order valence-corrected chi connectivity index (χ0v) is 10.7. The maximum absolute atomic E-state index is 4.56. The van der Waals surface area contributed by atoms with Crippen LogP contribution in [0.25, 0.3) is 11.0 Å². The number of aromatic nitrogens is 2. The number of H-pyrrole nitrogens is 1. The summed E-state index contributed by atoms with van der Waals surface area (Å²) in [6, 6.07) is 8.16. The predicted octanol–water partition coefficient (Wildman–Crippen LogP) is 3.37. The van der Waals surface area contributed by atoms with Gasteiger partial charge in [0.2, 0.25) is 0 Å². The SMILES string of the molecule is SCC1(CSc2nc3ccccc3[nH]2)CC1. The number of thiol groups is 1. The van der Waals surface area contributed by atoms with Gasteiger partial charge in [-0.2, -0.15) is 12.6 Å². The van der Waals surface area contributed by atoms with Crippen molar-refractivity contribution in [3.8, 4) is 0 Å². The molecule has 1 aliphatic carbocycles. The van der Waals surface area contributed by atoms with E-state index in [2.05, 4.69) is 28.7 Å². The molecule has 0 spiro atoms. The van der Waals surface area contributed by atoms with Crippen LogP contribution in [0.1, 0.15) is 12.8 Å². The van der Waals surface area contributed by atoms with Crippen molar-refractivity contribution in [2.45, 2.75) is 18.0 Å². The van der Waals surface area contributed by atoms with Gasteiger partial charge in [-0.1, -0.05) is 23.9 Å². The first-order valence-corrected chi connectivity index (χ1v) is 7.12. The molecule has 1 saturated carbocycles. The van der Waals surface area contributed by atoms with Gasteiger partial charge in [-0.05, 0) is 36.1 Å². The summed E-state index contributed by atoms with van der Waals surface area (Å²) in [6.07, 6.45) is 2.65. The largest absolute Gasteiger partial charge is 0.333 e. The molecule has 0 aliphatic heterocycles. The van der Waals surface area contributed by atoms with E-state index >= 15 is 0 Å². The van der Waals surface area contributed by atoms with Crippen LogP contribution in [0, 0.1) is 5.41 Å². The molecule has 1 aromatic heterocycles.